The summed E-state index contributed by atoms with van der Waals surface area (Å²) in [5, 5.41) is 3.41. The Bertz CT molecular complexity index is 629. The maximum Gasteiger partial charge on any atom is 0.161 e. The van der Waals surface area contributed by atoms with Crippen molar-refractivity contribution >= 4 is 44.3 Å². The van der Waals surface area contributed by atoms with Gasteiger partial charge in [-0.05, 0) is 47.1 Å². The zero-order chi connectivity index (χ0) is 15.4. The van der Waals surface area contributed by atoms with Crippen LogP contribution in [0.2, 0.25) is 0 Å². The van der Waals surface area contributed by atoms with Crippen molar-refractivity contribution in [1.29, 1.82) is 0 Å². The molecule has 0 unspecified atom stereocenters. The quantitative estimate of drug-likeness (QED) is 0.603. The van der Waals surface area contributed by atoms with Crippen LogP contribution in [0.5, 0.6) is 0 Å². The highest BCUT2D eigenvalue weighted by Gasteiger charge is 2.15. The molecule has 21 heavy (non-hydrogen) atoms. The molecular weight excluding hydrogens is 441 g/mol. The third kappa shape index (κ3) is 4.16. The number of aromatic nitrogens is 2. The van der Waals surface area contributed by atoms with Gasteiger partial charge in [0, 0.05) is 16.6 Å². The minimum absolute atomic E-state index is 0.368. The summed E-state index contributed by atoms with van der Waals surface area (Å²) in [5.74, 6) is 2.08. The summed E-state index contributed by atoms with van der Waals surface area (Å²) in [6.07, 6.45) is 1.07. The van der Waals surface area contributed by atoms with Gasteiger partial charge in [0.25, 0.3) is 0 Å². The van der Waals surface area contributed by atoms with E-state index in [4.69, 9.17) is 9.97 Å². The summed E-state index contributed by atoms with van der Waals surface area (Å²) in [4.78, 5) is 9.49. The van der Waals surface area contributed by atoms with Gasteiger partial charge < -0.3 is 5.32 Å². The van der Waals surface area contributed by atoms with Crippen LogP contribution < -0.4 is 5.32 Å². The minimum Gasteiger partial charge on any atom is -0.369 e. The maximum atomic E-state index is 4.77. The van der Waals surface area contributed by atoms with Crippen LogP contribution in [0.4, 0.5) is 5.82 Å². The largest absolute Gasteiger partial charge is 0.369 e. The molecular formula is C16H19BrIN3. The molecule has 112 valence electrons. The molecule has 0 atom stereocenters. The first-order valence-corrected chi connectivity index (χ1v) is 8.97. The number of nitrogens with zero attached hydrogens (tertiary/aromatic N) is 2. The number of hydrogen-bond donors (Lipinski definition) is 1. The fraction of sp³-hybridized carbons (Fsp3) is 0.375. The number of rotatable bonds is 5. The number of nitrogens with one attached hydrogen (secondary N) is 1. The van der Waals surface area contributed by atoms with E-state index in [1.165, 1.54) is 0 Å². The van der Waals surface area contributed by atoms with Gasteiger partial charge in [0.15, 0.2) is 5.82 Å². The molecule has 0 aliphatic heterocycles. The molecule has 0 spiro atoms. The molecule has 1 heterocycles. The van der Waals surface area contributed by atoms with Crippen molar-refractivity contribution in [2.24, 2.45) is 0 Å². The molecule has 0 amide bonds. The normalized spacial score (nSPS) is 11.0. The first kappa shape index (κ1) is 16.7. The van der Waals surface area contributed by atoms with Crippen LogP contribution in [0.3, 0.4) is 0 Å². The van der Waals surface area contributed by atoms with Gasteiger partial charge >= 0.3 is 0 Å². The average Bonchev–Trinajstić information content (AvgIpc) is 2.46. The summed E-state index contributed by atoms with van der Waals surface area (Å²) < 4.78 is 2.16. The third-order valence-electron chi connectivity index (χ3n) is 3.05. The summed E-state index contributed by atoms with van der Waals surface area (Å²) >= 11 is 5.85. The Labute approximate surface area is 148 Å². The van der Waals surface area contributed by atoms with E-state index in [1.54, 1.807) is 0 Å². The first-order chi connectivity index (χ1) is 10.0. The number of halogens is 2. The van der Waals surface area contributed by atoms with Gasteiger partial charge in [-0.1, -0.05) is 48.8 Å². The summed E-state index contributed by atoms with van der Waals surface area (Å²) in [6.45, 7) is 7.40. The summed E-state index contributed by atoms with van der Waals surface area (Å²) in [6, 6.07) is 8.11. The Balaban J connectivity index is 2.53. The van der Waals surface area contributed by atoms with Crippen molar-refractivity contribution in [3.05, 3.63) is 38.0 Å². The van der Waals surface area contributed by atoms with Crippen molar-refractivity contribution in [3.63, 3.8) is 0 Å². The SMILES string of the molecule is CCCNc1nc(-c2cccc(Br)c2)nc(C(C)C)c1I. The monoisotopic (exact) mass is 459 g/mol. The van der Waals surface area contributed by atoms with E-state index in [1.807, 2.05) is 18.2 Å². The molecule has 1 aromatic heterocycles. The van der Waals surface area contributed by atoms with Gasteiger partial charge in [0.1, 0.15) is 5.82 Å². The Morgan fingerprint density at radius 3 is 2.67 bits per heavy atom. The van der Waals surface area contributed by atoms with Gasteiger partial charge in [0.2, 0.25) is 0 Å². The highest BCUT2D eigenvalue weighted by atomic mass is 127. The number of benzene rings is 1. The molecule has 0 aliphatic rings. The third-order valence-corrected chi connectivity index (χ3v) is 4.61. The molecule has 0 saturated carbocycles. The second kappa shape index (κ2) is 7.54. The molecule has 2 rings (SSSR count). The highest BCUT2D eigenvalue weighted by molar-refractivity contribution is 14.1. The lowest BCUT2D eigenvalue weighted by Gasteiger charge is -2.15. The van der Waals surface area contributed by atoms with Crippen LogP contribution >= 0.6 is 38.5 Å². The smallest absolute Gasteiger partial charge is 0.161 e. The van der Waals surface area contributed by atoms with Crippen LogP contribution in [0, 0.1) is 3.57 Å². The minimum atomic E-state index is 0.368. The first-order valence-electron chi connectivity index (χ1n) is 7.10. The average molecular weight is 460 g/mol. The fourth-order valence-electron chi connectivity index (χ4n) is 1.96. The highest BCUT2D eigenvalue weighted by Crippen LogP contribution is 2.29. The summed E-state index contributed by atoms with van der Waals surface area (Å²) in [5.41, 5.74) is 2.13. The van der Waals surface area contributed by atoms with E-state index < -0.39 is 0 Å². The van der Waals surface area contributed by atoms with Crippen LogP contribution in [0.1, 0.15) is 38.8 Å². The fourth-order valence-corrected chi connectivity index (χ4v) is 3.42. The van der Waals surface area contributed by atoms with Gasteiger partial charge in [-0.3, -0.25) is 0 Å². The predicted molar refractivity (Wildman–Crippen MR) is 101 cm³/mol. The molecule has 0 aliphatic carbocycles. The molecule has 5 heteroatoms. The zero-order valence-electron chi connectivity index (χ0n) is 12.5. The van der Waals surface area contributed by atoms with Gasteiger partial charge in [0.05, 0.1) is 9.26 Å². The molecule has 0 bridgehead atoms. The predicted octanol–water partition coefficient (Wildman–Crippen LogP) is 5.46. The van der Waals surface area contributed by atoms with E-state index in [0.29, 0.717) is 5.92 Å². The lowest BCUT2D eigenvalue weighted by atomic mass is 10.1. The second-order valence-corrected chi connectivity index (χ2v) is 7.18. The summed E-state index contributed by atoms with van der Waals surface area (Å²) in [7, 11) is 0. The van der Waals surface area contributed by atoms with E-state index in [2.05, 4.69) is 70.7 Å². The number of anilines is 1. The van der Waals surface area contributed by atoms with Crippen LogP contribution in [0.15, 0.2) is 28.7 Å². The lowest BCUT2D eigenvalue weighted by molar-refractivity contribution is 0.807. The van der Waals surface area contributed by atoms with E-state index in [0.717, 1.165) is 43.9 Å². The molecule has 2 aromatic rings. The van der Waals surface area contributed by atoms with Crippen molar-refractivity contribution in [2.75, 3.05) is 11.9 Å². The Morgan fingerprint density at radius 1 is 1.29 bits per heavy atom. The second-order valence-electron chi connectivity index (χ2n) is 5.19. The van der Waals surface area contributed by atoms with E-state index in [9.17, 15) is 0 Å². The Kier molecular flexibility index (Phi) is 5.98. The van der Waals surface area contributed by atoms with E-state index >= 15 is 0 Å². The van der Waals surface area contributed by atoms with Crippen molar-refractivity contribution < 1.29 is 0 Å². The molecule has 1 aromatic carbocycles. The topological polar surface area (TPSA) is 37.8 Å². The standard InChI is InChI=1S/C16H19BrIN3/c1-4-8-19-16-13(18)14(10(2)3)20-15(21-16)11-6-5-7-12(17)9-11/h5-7,9-10H,4,8H2,1-3H3,(H,19,20,21). The molecule has 0 radical (unpaired) electrons. The van der Waals surface area contributed by atoms with Gasteiger partial charge in [-0.15, -0.1) is 0 Å². The van der Waals surface area contributed by atoms with Crippen LogP contribution in [-0.4, -0.2) is 16.5 Å². The van der Waals surface area contributed by atoms with Crippen LogP contribution in [0.25, 0.3) is 11.4 Å². The van der Waals surface area contributed by atoms with Crippen molar-refractivity contribution in [2.45, 2.75) is 33.1 Å². The zero-order valence-corrected chi connectivity index (χ0v) is 16.2. The maximum absolute atomic E-state index is 4.77. The Morgan fingerprint density at radius 2 is 2.05 bits per heavy atom. The number of hydrogen-bond acceptors (Lipinski definition) is 3. The molecule has 1 N–H and O–H groups in total. The van der Waals surface area contributed by atoms with Crippen molar-refractivity contribution in [1.82, 2.24) is 9.97 Å². The van der Waals surface area contributed by atoms with Crippen LogP contribution in [-0.2, 0) is 0 Å². The Hall–Kier alpha value is -0.690. The van der Waals surface area contributed by atoms with Gasteiger partial charge in [-0.25, -0.2) is 9.97 Å². The lowest BCUT2D eigenvalue weighted by Crippen LogP contribution is -2.10. The molecule has 0 saturated heterocycles. The molecule has 0 fully saturated rings. The van der Waals surface area contributed by atoms with Crippen molar-refractivity contribution in [3.8, 4) is 11.4 Å². The van der Waals surface area contributed by atoms with E-state index in [-0.39, 0.29) is 0 Å². The molecule has 3 nitrogen and oxygen atoms in total. The van der Waals surface area contributed by atoms with Gasteiger partial charge in [-0.2, -0.15) is 0 Å².